The number of ketones is 1. The van der Waals surface area contributed by atoms with Gasteiger partial charge >= 0.3 is 0 Å². The Morgan fingerprint density at radius 2 is 1.96 bits per heavy atom. The van der Waals surface area contributed by atoms with Crippen LogP contribution < -0.4 is 0 Å². The topological polar surface area (TPSA) is 37.3 Å². The average molecular weight is 335 g/mol. The fraction of sp³-hybridized carbons (Fsp3) is 0.864. The monoisotopic (exact) mass is 334 g/mol. The van der Waals surface area contributed by atoms with Crippen LogP contribution in [0, 0.1) is 34.0 Å². The molecule has 0 heterocycles. The molecule has 2 unspecified atom stereocenters. The van der Waals surface area contributed by atoms with E-state index in [-0.39, 0.29) is 22.5 Å². The highest BCUT2D eigenvalue weighted by atomic mass is 16.3. The van der Waals surface area contributed by atoms with E-state index in [2.05, 4.69) is 41.2 Å². The lowest BCUT2D eigenvalue weighted by Crippen LogP contribution is -2.46. The molecule has 0 bridgehead atoms. The third-order valence-electron chi connectivity index (χ3n) is 8.00. The third-order valence-corrected chi connectivity index (χ3v) is 8.00. The highest BCUT2D eigenvalue weighted by molar-refractivity contribution is 5.89. The first-order chi connectivity index (χ1) is 11.0. The molecule has 2 aliphatic carbocycles. The van der Waals surface area contributed by atoms with Crippen molar-refractivity contribution in [1.82, 2.24) is 0 Å². The standard InChI is InChI=1S/C22H38O2/c1-8-20(5,19(24)17(4)21(6)10-9-11-21)14-18(23)22(7)13-15(2)12-16(22)3/h8,15-18,23H,1,9-14H2,2-7H3/t15?,16?,17-,18+,20+,22-/m0/s1. The van der Waals surface area contributed by atoms with Crippen LogP contribution in [0.5, 0.6) is 0 Å². The summed E-state index contributed by atoms with van der Waals surface area (Å²) in [5, 5.41) is 11.1. The number of hydrogen-bond donors (Lipinski definition) is 1. The molecule has 0 radical (unpaired) electrons. The van der Waals surface area contributed by atoms with Gasteiger partial charge in [-0.1, -0.05) is 47.1 Å². The van der Waals surface area contributed by atoms with Gasteiger partial charge in [-0.05, 0) is 61.7 Å². The van der Waals surface area contributed by atoms with E-state index in [9.17, 15) is 9.90 Å². The number of aliphatic hydroxyl groups is 1. The Morgan fingerprint density at radius 3 is 2.33 bits per heavy atom. The largest absolute Gasteiger partial charge is 0.393 e. The van der Waals surface area contributed by atoms with Gasteiger partial charge in [-0.2, -0.15) is 0 Å². The Labute approximate surface area is 149 Å². The van der Waals surface area contributed by atoms with E-state index in [0.717, 1.165) is 19.3 Å². The van der Waals surface area contributed by atoms with Crippen LogP contribution in [0.2, 0.25) is 0 Å². The van der Waals surface area contributed by atoms with Gasteiger partial charge in [0.05, 0.1) is 6.10 Å². The Bertz CT molecular complexity index is 492. The van der Waals surface area contributed by atoms with Crippen molar-refractivity contribution in [2.75, 3.05) is 0 Å². The molecule has 2 rings (SSSR count). The number of Topliss-reactive ketones (excluding diaryl/α,β-unsaturated/α-hetero) is 1. The molecule has 0 aromatic rings. The van der Waals surface area contributed by atoms with Crippen molar-refractivity contribution in [3.8, 4) is 0 Å². The number of allylic oxidation sites excluding steroid dienone is 1. The lowest BCUT2D eigenvalue weighted by Gasteiger charge is -2.46. The molecule has 0 aromatic carbocycles. The summed E-state index contributed by atoms with van der Waals surface area (Å²) in [6.45, 7) is 17.0. The van der Waals surface area contributed by atoms with Crippen LogP contribution in [0.3, 0.4) is 0 Å². The van der Waals surface area contributed by atoms with E-state index in [1.165, 1.54) is 12.8 Å². The smallest absolute Gasteiger partial charge is 0.145 e. The molecule has 0 saturated heterocycles. The van der Waals surface area contributed by atoms with Crippen molar-refractivity contribution in [3.63, 3.8) is 0 Å². The van der Waals surface area contributed by atoms with Gasteiger partial charge in [0.2, 0.25) is 0 Å². The molecule has 2 heteroatoms. The zero-order valence-electron chi connectivity index (χ0n) is 16.7. The van der Waals surface area contributed by atoms with Crippen molar-refractivity contribution in [2.45, 2.75) is 86.2 Å². The number of rotatable bonds is 7. The summed E-state index contributed by atoms with van der Waals surface area (Å²) < 4.78 is 0. The minimum Gasteiger partial charge on any atom is -0.393 e. The number of hydrogen-bond acceptors (Lipinski definition) is 2. The van der Waals surface area contributed by atoms with Gasteiger partial charge in [0, 0.05) is 11.3 Å². The number of carbonyl (C=O) groups is 1. The number of aliphatic hydroxyl groups excluding tert-OH is 1. The lowest BCUT2D eigenvalue weighted by molar-refractivity contribution is -0.138. The Hall–Kier alpha value is -0.630. The van der Waals surface area contributed by atoms with Gasteiger partial charge in [-0.25, -0.2) is 0 Å². The highest BCUT2D eigenvalue weighted by Gasteiger charge is 2.50. The zero-order chi connectivity index (χ0) is 18.3. The fourth-order valence-corrected chi connectivity index (χ4v) is 5.27. The molecule has 1 N–H and O–H groups in total. The minimum absolute atomic E-state index is 0.0363. The first-order valence-electron chi connectivity index (χ1n) is 9.84. The fourth-order valence-electron chi connectivity index (χ4n) is 5.27. The van der Waals surface area contributed by atoms with Crippen LogP contribution in [0.25, 0.3) is 0 Å². The van der Waals surface area contributed by atoms with Gasteiger partial charge in [-0.3, -0.25) is 4.79 Å². The van der Waals surface area contributed by atoms with Gasteiger partial charge < -0.3 is 5.11 Å². The molecular weight excluding hydrogens is 296 g/mol. The summed E-state index contributed by atoms with van der Waals surface area (Å²) in [5.74, 6) is 1.45. The van der Waals surface area contributed by atoms with E-state index in [4.69, 9.17) is 0 Å². The third kappa shape index (κ3) is 3.23. The maximum atomic E-state index is 13.3. The SMILES string of the molecule is C=C[C@](C)(C[C@@H](O)[C@@]1(C)CC(C)CC1C)C(=O)[C@H](C)C1(C)CCC1. The normalized spacial score (nSPS) is 37.1. The predicted molar refractivity (Wildman–Crippen MR) is 101 cm³/mol. The highest BCUT2D eigenvalue weighted by Crippen LogP contribution is 2.52. The Kier molecular flexibility index (Phi) is 5.41. The molecule has 2 fully saturated rings. The summed E-state index contributed by atoms with van der Waals surface area (Å²) in [4.78, 5) is 13.3. The summed E-state index contributed by atoms with van der Waals surface area (Å²) in [5.41, 5.74) is -0.578. The van der Waals surface area contributed by atoms with Crippen LogP contribution >= 0.6 is 0 Å². The van der Waals surface area contributed by atoms with Gasteiger partial charge in [-0.15, -0.1) is 6.58 Å². The Balaban J connectivity index is 2.14. The zero-order valence-corrected chi connectivity index (χ0v) is 16.7. The second kappa shape index (κ2) is 6.59. The lowest BCUT2D eigenvalue weighted by atomic mass is 9.58. The van der Waals surface area contributed by atoms with Gasteiger partial charge in [0.15, 0.2) is 0 Å². The summed E-state index contributed by atoms with van der Waals surface area (Å²) in [7, 11) is 0. The molecule has 2 nitrogen and oxygen atoms in total. The van der Waals surface area contributed by atoms with Crippen LogP contribution in [-0.2, 0) is 4.79 Å². The second-order valence-electron chi connectivity index (χ2n) is 9.89. The van der Waals surface area contributed by atoms with E-state index < -0.39 is 11.5 Å². The van der Waals surface area contributed by atoms with E-state index in [1.54, 1.807) is 6.08 Å². The summed E-state index contributed by atoms with van der Waals surface area (Å²) in [6.07, 6.45) is 7.57. The predicted octanol–water partition coefficient (Wildman–Crippen LogP) is 5.40. The van der Waals surface area contributed by atoms with Gasteiger partial charge in [0.1, 0.15) is 5.78 Å². The van der Waals surface area contributed by atoms with Crippen molar-refractivity contribution in [3.05, 3.63) is 12.7 Å². The van der Waals surface area contributed by atoms with E-state index in [0.29, 0.717) is 18.3 Å². The molecule has 24 heavy (non-hydrogen) atoms. The molecule has 0 aliphatic heterocycles. The van der Waals surface area contributed by atoms with Crippen molar-refractivity contribution in [2.24, 2.45) is 34.0 Å². The van der Waals surface area contributed by atoms with Crippen molar-refractivity contribution >= 4 is 5.78 Å². The Morgan fingerprint density at radius 1 is 1.38 bits per heavy atom. The van der Waals surface area contributed by atoms with Gasteiger partial charge in [0.25, 0.3) is 0 Å². The maximum Gasteiger partial charge on any atom is 0.145 e. The first kappa shape index (κ1) is 19.7. The summed E-state index contributed by atoms with van der Waals surface area (Å²) >= 11 is 0. The van der Waals surface area contributed by atoms with Crippen LogP contribution in [-0.4, -0.2) is 17.0 Å². The van der Waals surface area contributed by atoms with Crippen LogP contribution in [0.1, 0.15) is 80.1 Å². The number of carbonyl (C=O) groups excluding carboxylic acids is 1. The van der Waals surface area contributed by atoms with Crippen LogP contribution in [0.4, 0.5) is 0 Å². The quantitative estimate of drug-likeness (QED) is 0.633. The first-order valence-corrected chi connectivity index (χ1v) is 9.84. The molecule has 0 spiro atoms. The van der Waals surface area contributed by atoms with E-state index >= 15 is 0 Å². The maximum absolute atomic E-state index is 13.3. The molecule has 6 atom stereocenters. The minimum atomic E-state index is -0.633. The van der Waals surface area contributed by atoms with E-state index in [1.807, 2.05) is 6.92 Å². The molecule has 2 aliphatic rings. The molecular formula is C22H38O2. The molecule has 0 amide bonds. The van der Waals surface area contributed by atoms with Crippen molar-refractivity contribution in [1.29, 1.82) is 0 Å². The van der Waals surface area contributed by atoms with Crippen molar-refractivity contribution < 1.29 is 9.90 Å². The average Bonchev–Trinajstić information content (AvgIpc) is 2.76. The van der Waals surface area contributed by atoms with Crippen LogP contribution in [0.15, 0.2) is 12.7 Å². The second-order valence-corrected chi connectivity index (χ2v) is 9.89. The summed E-state index contributed by atoms with van der Waals surface area (Å²) in [6, 6.07) is 0. The molecule has 138 valence electrons. The molecule has 0 aromatic heterocycles. The molecule has 2 saturated carbocycles.